The van der Waals surface area contributed by atoms with Gasteiger partial charge >= 0.3 is 0 Å². The molecule has 0 fully saturated rings. The van der Waals surface area contributed by atoms with E-state index >= 15 is 0 Å². The highest BCUT2D eigenvalue weighted by Gasteiger charge is 2.06. The van der Waals surface area contributed by atoms with Crippen LogP contribution in [-0.2, 0) is 0 Å². The summed E-state index contributed by atoms with van der Waals surface area (Å²) in [6.45, 7) is 7.45. The van der Waals surface area contributed by atoms with Crippen molar-refractivity contribution in [2.75, 3.05) is 0 Å². The monoisotopic (exact) mass is 164 g/mol. The van der Waals surface area contributed by atoms with Gasteiger partial charge in [0.25, 0.3) is 0 Å². The summed E-state index contributed by atoms with van der Waals surface area (Å²) in [4.78, 5) is 0. The van der Waals surface area contributed by atoms with Crippen LogP contribution in [0.15, 0.2) is 47.4 Å². The van der Waals surface area contributed by atoms with Crippen molar-refractivity contribution in [2.45, 2.75) is 20.3 Å². The lowest BCUT2D eigenvalue weighted by molar-refractivity contribution is 0.652. The summed E-state index contributed by atoms with van der Waals surface area (Å²) in [7, 11) is 0. The largest absolute Gasteiger partial charge is 0.207 e. The predicted molar refractivity (Wildman–Crippen MR) is 50.5 cm³/mol. The third kappa shape index (κ3) is 1.94. The Hall–Kier alpha value is -1.11. The zero-order valence-electron chi connectivity index (χ0n) is 7.52. The summed E-state index contributed by atoms with van der Waals surface area (Å²) in [5, 5.41) is 0. The van der Waals surface area contributed by atoms with E-state index in [0.717, 1.165) is 11.1 Å². The Bertz CT molecular complexity index is 290. The van der Waals surface area contributed by atoms with Crippen LogP contribution in [0.3, 0.4) is 0 Å². The second kappa shape index (κ2) is 3.53. The van der Waals surface area contributed by atoms with E-state index in [2.05, 4.69) is 6.58 Å². The molecule has 64 valence electrons. The third-order valence-electron chi connectivity index (χ3n) is 1.86. The maximum absolute atomic E-state index is 13.3. The Balaban J connectivity index is 3.07. The third-order valence-corrected chi connectivity index (χ3v) is 1.86. The van der Waals surface area contributed by atoms with E-state index in [0.29, 0.717) is 12.0 Å². The molecule has 0 bridgehead atoms. The maximum Gasteiger partial charge on any atom is 0.127 e. The van der Waals surface area contributed by atoms with Crippen molar-refractivity contribution in [1.29, 1.82) is 0 Å². The minimum atomic E-state index is -0.148. The van der Waals surface area contributed by atoms with E-state index < -0.39 is 0 Å². The van der Waals surface area contributed by atoms with Crippen molar-refractivity contribution < 1.29 is 4.39 Å². The minimum Gasteiger partial charge on any atom is -0.207 e. The van der Waals surface area contributed by atoms with Crippen LogP contribution in [0.2, 0.25) is 0 Å². The summed E-state index contributed by atoms with van der Waals surface area (Å²) in [5.74, 6) is -0.148. The van der Waals surface area contributed by atoms with Gasteiger partial charge in [-0.05, 0) is 37.5 Å². The first-order valence-electron chi connectivity index (χ1n) is 4.00. The van der Waals surface area contributed by atoms with Gasteiger partial charge in [0.05, 0.1) is 0 Å². The van der Waals surface area contributed by atoms with E-state index in [4.69, 9.17) is 0 Å². The van der Waals surface area contributed by atoms with E-state index in [1.54, 1.807) is 6.08 Å². The summed E-state index contributed by atoms with van der Waals surface area (Å²) in [6.07, 6.45) is 6.08. The molecule has 1 rings (SSSR count). The standard InChI is InChI=1S/C11H13F/c1-8(2)10-6-4-5-9(3)7-11(10)12/h4-5,7H,1,6H2,2-3H3. The lowest BCUT2D eigenvalue weighted by atomic mass is 10.1. The molecule has 0 nitrogen and oxygen atoms in total. The number of hydrogen-bond donors (Lipinski definition) is 0. The van der Waals surface area contributed by atoms with Gasteiger partial charge in [-0.2, -0.15) is 0 Å². The first kappa shape index (κ1) is 8.98. The van der Waals surface area contributed by atoms with Crippen LogP contribution in [0.25, 0.3) is 0 Å². The number of rotatable bonds is 1. The van der Waals surface area contributed by atoms with Crippen molar-refractivity contribution in [2.24, 2.45) is 0 Å². The van der Waals surface area contributed by atoms with E-state index in [1.165, 1.54) is 0 Å². The predicted octanol–water partition coefficient (Wildman–Crippen LogP) is 3.69. The molecule has 0 saturated heterocycles. The first-order valence-corrected chi connectivity index (χ1v) is 4.00. The Morgan fingerprint density at radius 3 is 2.83 bits per heavy atom. The van der Waals surface area contributed by atoms with Gasteiger partial charge in [0.15, 0.2) is 0 Å². The first-order chi connectivity index (χ1) is 5.61. The zero-order chi connectivity index (χ0) is 9.14. The van der Waals surface area contributed by atoms with Crippen molar-refractivity contribution in [3.63, 3.8) is 0 Å². The lowest BCUT2D eigenvalue weighted by Crippen LogP contribution is -1.84. The van der Waals surface area contributed by atoms with Gasteiger partial charge in [-0.3, -0.25) is 0 Å². The van der Waals surface area contributed by atoms with Gasteiger partial charge in [-0.25, -0.2) is 4.39 Å². The molecule has 0 radical (unpaired) electrons. The highest BCUT2D eigenvalue weighted by Crippen LogP contribution is 2.23. The number of halogens is 1. The van der Waals surface area contributed by atoms with Crippen LogP contribution in [0, 0.1) is 0 Å². The summed E-state index contributed by atoms with van der Waals surface area (Å²) < 4.78 is 13.3. The van der Waals surface area contributed by atoms with Crippen LogP contribution >= 0.6 is 0 Å². The molecule has 0 aromatic heterocycles. The molecule has 0 N–H and O–H groups in total. The summed E-state index contributed by atoms with van der Waals surface area (Å²) in [5.41, 5.74) is 2.47. The van der Waals surface area contributed by atoms with E-state index in [9.17, 15) is 4.39 Å². The van der Waals surface area contributed by atoms with Crippen molar-refractivity contribution >= 4 is 0 Å². The molecule has 12 heavy (non-hydrogen) atoms. The molecule has 0 aliphatic heterocycles. The van der Waals surface area contributed by atoms with Gasteiger partial charge in [0, 0.05) is 0 Å². The zero-order valence-corrected chi connectivity index (χ0v) is 7.52. The summed E-state index contributed by atoms with van der Waals surface area (Å²) in [6, 6.07) is 0. The van der Waals surface area contributed by atoms with Gasteiger partial charge in [-0.15, -0.1) is 0 Å². The van der Waals surface area contributed by atoms with Crippen LogP contribution in [-0.4, -0.2) is 0 Å². The molecular formula is C11H13F. The minimum absolute atomic E-state index is 0.148. The number of allylic oxidation sites excluding steroid dienone is 7. The van der Waals surface area contributed by atoms with Gasteiger partial charge in [-0.1, -0.05) is 24.3 Å². The van der Waals surface area contributed by atoms with Crippen LogP contribution < -0.4 is 0 Å². The van der Waals surface area contributed by atoms with E-state index in [-0.39, 0.29) is 5.83 Å². The second-order valence-corrected chi connectivity index (χ2v) is 3.10. The van der Waals surface area contributed by atoms with Crippen LogP contribution in [0.1, 0.15) is 20.3 Å². The molecule has 0 amide bonds. The highest BCUT2D eigenvalue weighted by molar-refractivity contribution is 5.41. The molecule has 1 heteroatoms. The SMILES string of the molecule is C=C(C)C1=C(F)C=C(C)C=CC1. The molecule has 0 spiro atoms. The van der Waals surface area contributed by atoms with Crippen molar-refractivity contribution in [3.05, 3.63) is 47.4 Å². The fourth-order valence-electron chi connectivity index (χ4n) is 1.17. The van der Waals surface area contributed by atoms with E-state index in [1.807, 2.05) is 26.0 Å². The smallest absolute Gasteiger partial charge is 0.127 e. The molecular weight excluding hydrogens is 151 g/mol. The van der Waals surface area contributed by atoms with Gasteiger partial charge < -0.3 is 0 Å². The Kier molecular flexibility index (Phi) is 2.64. The number of hydrogen-bond acceptors (Lipinski definition) is 0. The summed E-state index contributed by atoms with van der Waals surface area (Å²) >= 11 is 0. The van der Waals surface area contributed by atoms with Crippen molar-refractivity contribution in [1.82, 2.24) is 0 Å². The van der Waals surface area contributed by atoms with Crippen molar-refractivity contribution in [3.8, 4) is 0 Å². The maximum atomic E-state index is 13.3. The molecule has 0 unspecified atom stereocenters. The van der Waals surface area contributed by atoms with Crippen LogP contribution in [0.4, 0.5) is 4.39 Å². The highest BCUT2D eigenvalue weighted by atomic mass is 19.1. The fourth-order valence-corrected chi connectivity index (χ4v) is 1.17. The quantitative estimate of drug-likeness (QED) is 0.554. The molecule has 1 aliphatic rings. The average molecular weight is 164 g/mol. The fraction of sp³-hybridized carbons (Fsp3) is 0.273. The average Bonchev–Trinajstić information content (AvgIpc) is 2.10. The van der Waals surface area contributed by atoms with Gasteiger partial charge in [0.1, 0.15) is 5.83 Å². The topological polar surface area (TPSA) is 0 Å². The molecule has 0 heterocycles. The Morgan fingerprint density at radius 1 is 1.58 bits per heavy atom. The normalized spacial score (nSPS) is 17.4. The Labute approximate surface area is 72.8 Å². The van der Waals surface area contributed by atoms with Crippen LogP contribution in [0.5, 0.6) is 0 Å². The molecule has 1 aliphatic carbocycles. The second-order valence-electron chi connectivity index (χ2n) is 3.10. The van der Waals surface area contributed by atoms with Gasteiger partial charge in [0.2, 0.25) is 0 Å². The molecule has 0 aromatic rings. The lowest BCUT2D eigenvalue weighted by Gasteiger charge is -2.02. The Morgan fingerprint density at radius 2 is 2.25 bits per heavy atom. The molecule has 0 saturated carbocycles. The molecule has 0 atom stereocenters. The molecule has 0 aromatic carbocycles.